The SMILES string of the molecule is Cc1ccc2cc(C(=O)N3CCC(NS(C)(=O)=O)CC3)[nH]c2c1. The Morgan fingerprint density at radius 2 is 1.96 bits per heavy atom. The number of H-pyrrole nitrogens is 1. The van der Waals surface area contributed by atoms with Gasteiger partial charge in [0.2, 0.25) is 10.0 Å². The van der Waals surface area contributed by atoms with E-state index in [0.29, 0.717) is 31.6 Å². The number of fused-ring (bicyclic) bond motifs is 1. The second kappa shape index (κ2) is 5.98. The van der Waals surface area contributed by atoms with Gasteiger partial charge in [0.05, 0.1) is 6.26 Å². The molecule has 0 unspecified atom stereocenters. The second-order valence-electron chi connectivity index (χ2n) is 6.23. The van der Waals surface area contributed by atoms with E-state index in [4.69, 9.17) is 0 Å². The van der Waals surface area contributed by atoms with Crippen molar-refractivity contribution in [1.29, 1.82) is 0 Å². The van der Waals surface area contributed by atoms with E-state index >= 15 is 0 Å². The zero-order chi connectivity index (χ0) is 16.6. The van der Waals surface area contributed by atoms with Crippen LogP contribution >= 0.6 is 0 Å². The molecule has 2 aromatic rings. The molecule has 0 radical (unpaired) electrons. The molecular weight excluding hydrogens is 314 g/mol. The lowest BCUT2D eigenvalue weighted by atomic mass is 10.1. The van der Waals surface area contributed by atoms with Crippen LogP contribution in [0.5, 0.6) is 0 Å². The highest BCUT2D eigenvalue weighted by molar-refractivity contribution is 7.88. The monoisotopic (exact) mass is 335 g/mol. The van der Waals surface area contributed by atoms with Gasteiger partial charge in [-0.25, -0.2) is 13.1 Å². The van der Waals surface area contributed by atoms with Crippen molar-refractivity contribution in [2.75, 3.05) is 19.3 Å². The van der Waals surface area contributed by atoms with Crippen molar-refractivity contribution in [3.63, 3.8) is 0 Å². The molecular formula is C16H21N3O3S. The highest BCUT2D eigenvalue weighted by atomic mass is 32.2. The molecule has 0 aliphatic carbocycles. The summed E-state index contributed by atoms with van der Waals surface area (Å²) in [7, 11) is -3.19. The molecule has 2 N–H and O–H groups in total. The van der Waals surface area contributed by atoms with Crippen molar-refractivity contribution in [2.45, 2.75) is 25.8 Å². The summed E-state index contributed by atoms with van der Waals surface area (Å²) in [6.45, 7) is 3.13. The van der Waals surface area contributed by atoms with Gasteiger partial charge < -0.3 is 9.88 Å². The van der Waals surface area contributed by atoms with Gasteiger partial charge in [0.15, 0.2) is 0 Å². The number of benzene rings is 1. The van der Waals surface area contributed by atoms with E-state index in [1.807, 2.05) is 31.2 Å². The molecule has 0 spiro atoms. The quantitative estimate of drug-likeness (QED) is 0.894. The summed E-state index contributed by atoms with van der Waals surface area (Å²) >= 11 is 0. The van der Waals surface area contributed by atoms with E-state index in [1.165, 1.54) is 0 Å². The third kappa shape index (κ3) is 3.73. The molecule has 124 valence electrons. The molecule has 1 aliphatic rings. The minimum Gasteiger partial charge on any atom is -0.351 e. The summed E-state index contributed by atoms with van der Waals surface area (Å²) in [4.78, 5) is 17.6. The number of aromatic nitrogens is 1. The van der Waals surface area contributed by atoms with E-state index in [0.717, 1.165) is 22.7 Å². The van der Waals surface area contributed by atoms with E-state index < -0.39 is 10.0 Å². The number of rotatable bonds is 3. The van der Waals surface area contributed by atoms with Gasteiger partial charge in [0.1, 0.15) is 5.69 Å². The van der Waals surface area contributed by atoms with Gasteiger partial charge in [-0.2, -0.15) is 0 Å². The molecule has 1 aromatic heterocycles. The van der Waals surface area contributed by atoms with Crippen molar-refractivity contribution in [3.8, 4) is 0 Å². The van der Waals surface area contributed by atoms with E-state index in [2.05, 4.69) is 9.71 Å². The largest absolute Gasteiger partial charge is 0.351 e. The number of sulfonamides is 1. The Labute approximate surface area is 135 Å². The normalized spacial score (nSPS) is 16.9. The lowest BCUT2D eigenvalue weighted by Crippen LogP contribution is -2.46. The lowest BCUT2D eigenvalue weighted by molar-refractivity contribution is 0.0706. The first-order valence-corrected chi connectivity index (χ1v) is 9.57. The van der Waals surface area contributed by atoms with Gasteiger partial charge in [-0.15, -0.1) is 0 Å². The molecule has 7 heteroatoms. The number of hydrogen-bond donors (Lipinski definition) is 2. The summed E-state index contributed by atoms with van der Waals surface area (Å²) in [6, 6.07) is 7.83. The average molecular weight is 335 g/mol. The Balaban J connectivity index is 1.69. The Bertz CT molecular complexity index is 833. The zero-order valence-corrected chi connectivity index (χ0v) is 14.1. The summed E-state index contributed by atoms with van der Waals surface area (Å²) in [5, 5.41) is 1.02. The van der Waals surface area contributed by atoms with Crippen LogP contribution in [-0.2, 0) is 10.0 Å². The van der Waals surface area contributed by atoms with Crippen LogP contribution in [0.15, 0.2) is 24.3 Å². The number of hydrogen-bond acceptors (Lipinski definition) is 3. The summed E-state index contributed by atoms with van der Waals surface area (Å²) in [6.07, 6.45) is 2.44. The van der Waals surface area contributed by atoms with E-state index in [9.17, 15) is 13.2 Å². The van der Waals surface area contributed by atoms with E-state index in [1.54, 1.807) is 4.90 Å². The molecule has 1 saturated heterocycles. The number of aryl methyl sites for hydroxylation is 1. The number of likely N-dealkylation sites (tertiary alicyclic amines) is 1. The highest BCUT2D eigenvalue weighted by Crippen LogP contribution is 2.20. The number of aromatic amines is 1. The predicted molar refractivity (Wildman–Crippen MR) is 89.9 cm³/mol. The van der Waals surface area contributed by atoms with Crippen LogP contribution in [0.4, 0.5) is 0 Å². The third-order valence-corrected chi connectivity index (χ3v) is 4.93. The molecule has 0 atom stereocenters. The Kier molecular flexibility index (Phi) is 4.16. The van der Waals surface area contributed by atoms with Crippen LogP contribution in [0.2, 0.25) is 0 Å². The number of nitrogens with one attached hydrogen (secondary N) is 2. The number of carbonyl (C=O) groups excluding carboxylic acids is 1. The topological polar surface area (TPSA) is 82.3 Å². The van der Waals surface area contributed by atoms with Gasteiger partial charge in [-0.3, -0.25) is 4.79 Å². The first-order chi connectivity index (χ1) is 10.8. The Morgan fingerprint density at radius 3 is 2.61 bits per heavy atom. The lowest BCUT2D eigenvalue weighted by Gasteiger charge is -2.31. The van der Waals surface area contributed by atoms with Gasteiger partial charge in [0, 0.05) is 30.0 Å². The molecule has 1 aromatic carbocycles. The maximum absolute atomic E-state index is 12.6. The van der Waals surface area contributed by atoms with Crippen LogP contribution < -0.4 is 4.72 Å². The molecule has 3 rings (SSSR count). The number of carbonyl (C=O) groups is 1. The maximum atomic E-state index is 12.6. The van der Waals surface area contributed by atoms with Crippen LogP contribution in [-0.4, -0.2) is 49.6 Å². The van der Waals surface area contributed by atoms with Crippen LogP contribution in [0.25, 0.3) is 10.9 Å². The van der Waals surface area contributed by atoms with Crippen molar-refractivity contribution in [2.24, 2.45) is 0 Å². The number of nitrogens with zero attached hydrogens (tertiary/aromatic N) is 1. The minimum absolute atomic E-state index is 0.0309. The molecule has 1 fully saturated rings. The molecule has 0 saturated carbocycles. The smallest absolute Gasteiger partial charge is 0.270 e. The predicted octanol–water partition coefficient (Wildman–Crippen LogP) is 1.63. The molecule has 6 nitrogen and oxygen atoms in total. The van der Waals surface area contributed by atoms with Gasteiger partial charge >= 0.3 is 0 Å². The maximum Gasteiger partial charge on any atom is 0.270 e. The summed E-state index contributed by atoms with van der Waals surface area (Å²) in [5.74, 6) is -0.0309. The molecule has 2 heterocycles. The van der Waals surface area contributed by atoms with Crippen molar-refractivity contribution >= 4 is 26.8 Å². The fourth-order valence-corrected chi connectivity index (χ4v) is 3.87. The van der Waals surface area contributed by atoms with Crippen molar-refractivity contribution < 1.29 is 13.2 Å². The molecule has 23 heavy (non-hydrogen) atoms. The van der Waals surface area contributed by atoms with Crippen LogP contribution in [0.3, 0.4) is 0 Å². The highest BCUT2D eigenvalue weighted by Gasteiger charge is 2.26. The second-order valence-corrected chi connectivity index (χ2v) is 8.01. The van der Waals surface area contributed by atoms with Gasteiger partial charge in [-0.05, 0) is 37.5 Å². The molecule has 1 aliphatic heterocycles. The fourth-order valence-electron chi connectivity index (χ4n) is 3.03. The first-order valence-electron chi connectivity index (χ1n) is 7.68. The van der Waals surface area contributed by atoms with E-state index in [-0.39, 0.29) is 11.9 Å². The number of piperidine rings is 1. The molecule has 1 amide bonds. The van der Waals surface area contributed by atoms with Crippen LogP contribution in [0.1, 0.15) is 28.9 Å². The van der Waals surface area contributed by atoms with Gasteiger partial charge in [0.25, 0.3) is 5.91 Å². The van der Waals surface area contributed by atoms with Crippen molar-refractivity contribution in [1.82, 2.24) is 14.6 Å². The fraction of sp³-hybridized carbons (Fsp3) is 0.438. The Morgan fingerprint density at radius 1 is 1.26 bits per heavy atom. The van der Waals surface area contributed by atoms with Gasteiger partial charge in [-0.1, -0.05) is 12.1 Å². The standard InChI is InChI=1S/C16H21N3O3S/c1-11-3-4-12-10-15(17-14(12)9-11)16(20)19-7-5-13(6-8-19)18-23(2,21)22/h3-4,9-10,13,17-18H,5-8H2,1-2H3. The zero-order valence-electron chi connectivity index (χ0n) is 13.3. The first kappa shape index (κ1) is 16.0. The summed E-state index contributed by atoms with van der Waals surface area (Å²) < 4.78 is 25.1. The minimum atomic E-state index is -3.19. The third-order valence-electron chi connectivity index (χ3n) is 4.17. The number of amides is 1. The van der Waals surface area contributed by atoms with Crippen LogP contribution in [0, 0.1) is 6.92 Å². The van der Waals surface area contributed by atoms with Crippen molar-refractivity contribution in [3.05, 3.63) is 35.5 Å². The molecule has 0 bridgehead atoms. The Hall–Kier alpha value is -1.86. The summed E-state index contributed by atoms with van der Waals surface area (Å²) in [5.41, 5.74) is 2.69. The average Bonchev–Trinajstić information content (AvgIpc) is 2.88.